The van der Waals surface area contributed by atoms with Crippen molar-refractivity contribution in [2.24, 2.45) is 0 Å². The minimum Gasteiger partial charge on any atom is -0.492 e. The molecule has 1 aromatic carbocycles. The number of nitrogens with zero attached hydrogens (tertiary/aromatic N) is 1. The largest absolute Gasteiger partial charge is 0.492 e. The summed E-state index contributed by atoms with van der Waals surface area (Å²) >= 11 is 0. The zero-order valence-corrected chi connectivity index (χ0v) is 11.6. The molecular weight excluding hydrogens is 230 g/mol. The van der Waals surface area contributed by atoms with E-state index in [1.165, 1.54) is 29.2 Å². The van der Waals surface area contributed by atoms with E-state index in [-0.39, 0.29) is 0 Å². The Morgan fingerprint density at radius 1 is 1.12 bits per heavy atom. The fraction of sp³-hybridized carbons (Fsp3) is 0.571. The van der Waals surface area contributed by atoms with Gasteiger partial charge in [-0.15, -0.1) is 0 Å². The Balaban J connectivity index is 1.84. The van der Waals surface area contributed by atoms with Gasteiger partial charge in [-0.25, -0.2) is 0 Å². The van der Waals surface area contributed by atoms with E-state index in [1.807, 2.05) is 0 Å². The predicted octanol–water partition coefficient (Wildman–Crippen LogP) is 2.40. The molecule has 0 aliphatic carbocycles. The van der Waals surface area contributed by atoms with Crippen molar-refractivity contribution in [3.63, 3.8) is 0 Å². The average molecular weight is 252 g/mol. The summed E-state index contributed by atoms with van der Waals surface area (Å²) in [4.78, 5) is 3.65. The Labute approximate surface area is 107 Å². The summed E-state index contributed by atoms with van der Waals surface area (Å²) in [6, 6.07) is 8.74. The fourth-order valence-corrected chi connectivity index (χ4v) is 4.27. The topological polar surface area (TPSA) is 12.5 Å². The minimum atomic E-state index is 0.524. The van der Waals surface area contributed by atoms with Crippen LogP contribution in [0.4, 0.5) is 0 Å². The first-order valence-electron chi connectivity index (χ1n) is 6.31. The molecule has 17 heavy (non-hydrogen) atoms. The highest BCUT2D eigenvalue weighted by Gasteiger charge is 2.26. The van der Waals surface area contributed by atoms with E-state index >= 15 is 0 Å². The second-order valence-electron chi connectivity index (χ2n) is 4.73. The van der Waals surface area contributed by atoms with Crippen molar-refractivity contribution < 1.29 is 4.74 Å². The highest BCUT2D eigenvalue weighted by Crippen LogP contribution is 2.24. The van der Waals surface area contributed by atoms with Crippen molar-refractivity contribution in [2.45, 2.75) is 17.7 Å². The van der Waals surface area contributed by atoms with Crippen LogP contribution in [0.25, 0.3) is 0 Å². The maximum Gasteiger partial charge on any atom is 0.155 e. The molecule has 1 aromatic rings. The first-order chi connectivity index (χ1) is 8.25. The second kappa shape index (κ2) is 6.31. The van der Waals surface area contributed by atoms with Crippen LogP contribution in [0.1, 0.15) is 12.8 Å². The molecule has 94 valence electrons. The zero-order chi connectivity index (χ0) is 12.1. The number of ether oxygens (including phenoxy) is 1. The lowest BCUT2D eigenvalue weighted by Crippen LogP contribution is -2.19. The van der Waals surface area contributed by atoms with Crippen molar-refractivity contribution in [2.75, 3.05) is 38.8 Å². The van der Waals surface area contributed by atoms with Crippen LogP contribution >= 0.6 is 0 Å². The van der Waals surface area contributed by atoms with E-state index in [9.17, 15) is 0 Å². The minimum absolute atomic E-state index is 0.524. The molecule has 0 N–H and O–H groups in total. The van der Waals surface area contributed by atoms with Crippen LogP contribution in [-0.2, 0) is 10.9 Å². The lowest BCUT2D eigenvalue weighted by molar-refractivity contribution is 0.261. The van der Waals surface area contributed by atoms with Gasteiger partial charge in [0.2, 0.25) is 0 Å². The highest BCUT2D eigenvalue weighted by atomic mass is 32.2. The van der Waals surface area contributed by atoms with Crippen LogP contribution in [-0.4, -0.2) is 43.7 Å². The first kappa shape index (κ1) is 12.8. The maximum atomic E-state index is 5.70. The third-order valence-corrected chi connectivity index (χ3v) is 5.50. The van der Waals surface area contributed by atoms with Crippen LogP contribution in [0.2, 0.25) is 0 Å². The smallest absolute Gasteiger partial charge is 0.155 e. The number of hydrogen-bond acceptors (Lipinski definition) is 2. The molecule has 0 radical (unpaired) electrons. The molecule has 1 aliphatic rings. The molecule has 1 heterocycles. The van der Waals surface area contributed by atoms with Gasteiger partial charge < -0.3 is 9.64 Å². The molecule has 0 aromatic heterocycles. The number of hydrogen-bond donors (Lipinski definition) is 0. The summed E-state index contributed by atoms with van der Waals surface area (Å²) in [6.45, 7) is 1.73. The van der Waals surface area contributed by atoms with Crippen LogP contribution in [0, 0.1) is 0 Å². The summed E-state index contributed by atoms with van der Waals surface area (Å²) in [5.41, 5.74) is 0. The van der Waals surface area contributed by atoms with E-state index in [0.717, 1.165) is 18.9 Å². The molecule has 0 spiro atoms. The monoisotopic (exact) mass is 252 g/mol. The van der Waals surface area contributed by atoms with Gasteiger partial charge in [-0.05, 0) is 51.2 Å². The third kappa shape index (κ3) is 3.93. The standard InChI is InChI=1S/C14H22NOS/c1-15(2)9-10-16-13-5-7-14(8-6-13)17-11-3-4-12-17/h5-8H,3-4,9-12H2,1-2H3/q+1. The van der Waals surface area contributed by atoms with Gasteiger partial charge in [-0.2, -0.15) is 0 Å². The summed E-state index contributed by atoms with van der Waals surface area (Å²) in [7, 11) is 4.65. The van der Waals surface area contributed by atoms with Gasteiger partial charge in [0.25, 0.3) is 0 Å². The lowest BCUT2D eigenvalue weighted by atomic mass is 10.3. The van der Waals surface area contributed by atoms with Crippen molar-refractivity contribution in [1.29, 1.82) is 0 Å². The van der Waals surface area contributed by atoms with Gasteiger partial charge in [-0.3, -0.25) is 0 Å². The van der Waals surface area contributed by atoms with Gasteiger partial charge in [0.15, 0.2) is 4.90 Å². The summed E-state index contributed by atoms with van der Waals surface area (Å²) in [5, 5.41) is 0. The van der Waals surface area contributed by atoms with Crippen LogP contribution in [0.3, 0.4) is 0 Å². The molecule has 1 fully saturated rings. The number of likely N-dealkylation sites (N-methyl/N-ethyl adjacent to an activating group) is 1. The molecule has 0 atom stereocenters. The Kier molecular flexibility index (Phi) is 4.75. The zero-order valence-electron chi connectivity index (χ0n) is 10.8. The van der Waals surface area contributed by atoms with Gasteiger partial charge in [-0.1, -0.05) is 0 Å². The number of benzene rings is 1. The highest BCUT2D eigenvalue weighted by molar-refractivity contribution is 7.97. The van der Waals surface area contributed by atoms with E-state index in [2.05, 4.69) is 43.3 Å². The number of rotatable bonds is 5. The summed E-state index contributed by atoms with van der Waals surface area (Å²) in [6.07, 6.45) is 2.81. The Bertz CT molecular complexity index is 331. The second-order valence-corrected chi connectivity index (χ2v) is 7.00. The molecule has 0 unspecified atom stereocenters. The first-order valence-corrected chi connectivity index (χ1v) is 7.87. The van der Waals surface area contributed by atoms with Gasteiger partial charge in [0.05, 0.1) is 0 Å². The third-order valence-electron chi connectivity index (χ3n) is 3.00. The van der Waals surface area contributed by atoms with Gasteiger partial charge >= 0.3 is 0 Å². The molecule has 3 heteroatoms. The van der Waals surface area contributed by atoms with Crippen LogP contribution in [0.15, 0.2) is 29.2 Å². The van der Waals surface area contributed by atoms with E-state index in [1.54, 1.807) is 0 Å². The molecule has 2 nitrogen and oxygen atoms in total. The van der Waals surface area contributed by atoms with Crippen molar-refractivity contribution in [3.8, 4) is 5.75 Å². The van der Waals surface area contributed by atoms with Crippen LogP contribution < -0.4 is 4.74 Å². The quantitative estimate of drug-likeness (QED) is 0.746. The fourth-order valence-electron chi connectivity index (χ4n) is 1.96. The molecule has 0 bridgehead atoms. The molecule has 0 saturated carbocycles. The molecular formula is C14H22NOS+. The molecule has 0 amide bonds. The maximum absolute atomic E-state index is 5.70. The van der Waals surface area contributed by atoms with E-state index in [4.69, 9.17) is 4.74 Å². The van der Waals surface area contributed by atoms with E-state index in [0.29, 0.717) is 10.9 Å². The van der Waals surface area contributed by atoms with Crippen molar-refractivity contribution in [3.05, 3.63) is 24.3 Å². The van der Waals surface area contributed by atoms with Crippen molar-refractivity contribution in [1.82, 2.24) is 4.90 Å². The van der Waals surface area contributed by atoms with Gasteiger partial charge in [0, 0.05) is 17.4 Å². The predicted molar refractivity (Wildman–Crippen MR) is 75.1 cm³/mol. The summed E-state index contributed by atoms with van der Waals surface area (Å²) < 4.78 is 5.70. The summed E-state index contributed by atoms with van der Waals surface area (Å²) in [5.74, 6) is 3.78. The van der Waals surface area contributed by atoms with Crippen molar-refractivity contribution >= 4 is 10.9 Å². The molecule has 1 saturated heterocycles. The SMILES string of the molecule is CN(C)CCOc1ccc([S+]2CCCC2)cc1. The Morgan fingerprint density at radius 2 is 1.76 bits per heavy atom. The van der Waals surface area contributed by atoms with E-state index < -0.39 is 0 Å². The Hall–Kier alpha value is -0.670. The molecule has 1 aliphatic heterocycles. The average Bonchev–Trinajstić information content (AvgIpc) is 2.83. The van der Waals surface area contributed by atoms with Gasteiger partial charge in [0.1, 0.15) is 23.9 Å². The molecule has 2 rings (SSSR count). The Morgan fingerprint density at radius 3 is 2.35 bits per heavy atom. The normalized spacial score (nSPS) is 16.6. The van der Waals surface area contributed by atoms with Crippen LogP contribution in [0.5, 0.6) is 5.75 Å². The lowest BCUT2D eigenvalue weighted by Gasteiger charge is -2.11.